The Morgan fingerprint density at radius 1 is 1.05 bits per heavy atom. The standard InChI is InChI=1S/C28H30O10/c1-22-10-17-24(3)28-18(22)19(30)27(38-28,34-11-14(22)20(31)35-17)13-9-16-26(36-16)7-4-5-15(29)23(26,2)12(13)6-8-25(28,33)21(32)37-24/h4-5,12-14,16-18,33H,6-11H2,1-3H3/t12-,13+,14-,16-,17-,18-,22-,23-,24-,25-,26-,27+,28-/m0/s1. The summed E-state index contributed by atoms with van der Waals surface area (Å²) in [6.45, 7) is 5.27. The first kappa shape index (κ1) is 22.7. The summed E-state index contributed by atoms with van der Waals surface area (Å²) in [4.78, 5) is 55.6. The van der Waals surface area contributed by atoms with Crippen LogP contribution in [0.1, 0.15) is 52.9 Å². The van der Waals surface area contributed by atoms with E-state index in [0.717, 1.165) is 0 Å². The van der Waals surface area contributed by atoms with Gasteiger partial charge in [-0.15, -0.1) is 0 Å². The van der Waals surface area contributed by atoms with Gasteiger partial charge in [0.05, 0.1) is 30.0 Å². The van der Waals surface area contributed by atoms with Crippen molar-refractivity contribution in [2.75, 3.05) is 6.61 Å². The molecule has 9 aliphatic rings. The van der Waals surface area contributed by atoms with Crippen LogP contribution in [-0.2, 0) is 42.9 Å². The molecule has 1 N–H and O–H groups in total. The first-order chi connectivity index (χ1) is 17.9. The number of fused-ring (bicyclic) bond motifs is 4. The zero-order valence-electron chi connectivity index (χ0n) is 21.5. The highest BCUT2D eigenvalue weighted by atomic mass is 16.8. The fourth-order valence-electron chi connectivity index (χ4n) is 10.9. The van der Waals surface area contributed by atoms with Crippen molar-refractivity contribution in [1.82, 2.24) is 0 Å². The van der Waals surface area contributed by atoms with Gasteiger partial charge in [-0.05, 0) is 63.4 Å². The number of aliphatic hydroxyl groups is 1. The third-order valence-electron chi connectivity index (χ3n) is 12.9. The summed E-state index contributed by atoms with van der Waals surface area (Å²) in [5.74, 6) is -6.56. The molecule has 13 atom stereocenters. The number of hydrogen-bond acceptors (Lipinski definition) is 10. The Hall–Kier alpha value is -2.14. The molecule has 6 aliphatic heterocycles. The van der Waals surface area contributed by atoms with Gasteiger partial charge in [-0.1, -0.05) is 13.0 Å². The third-order valence-corrected chi connectivity index (χ3v) is 12.9. The molecule has 10 nitrogen and oxygen atoms in total. The molecule has 5 bridgehead atoms. The van der Waals surface area contributed by atoms with E-state index < -0.39 is 80.7 Å². The normalized spacial score (nSPS) is 64.1. The van der Waals surface area contributed by atoms with Crippen LogP contribution in [0.4, 0.5) is 0 Å². The molecule has 0 amide bonds. The molecule has 38 heavy (non-hydrogen) atoms. The summed E-state index contributed by atoms with van der Waals surface area (Å²) in [5, 5.41) is 12.4. The van der Waals surface area contributed by atoms with Crippen LogP contribution in [0.5, 0.6) is 0 Å². The highest BCUT2D eigenvalue weighted by Crippen LogP contribution is 2.77. The van der Waals surface area contributed by atoms with Crippen LogP contribution in [0, 0.1) is 34.5 Å². The Kier molecular flexibility index (Phi) is 3.47. The van der Waals surface area contributed by atoms with Gasteiger partial charge in [-0.25, -0.2) is 4.79 Å². The SMILES string of the molecule is C[C@]12C[C@@H]3OC(=O)[C@@H]1CO[C@]14O[C@@]5([C@H]2C1=O)[C@@]3(C)OC(=O)[C@@]5(O)CC[C@H]1[C@H]4C[C@@H]2O[C@@]23CC=CC(=O)[C@]13C. The van der Waals surface area contributed by atoms with Crippen molar-refractivity contribution in [3.05, 3.63) is 12.2 Å². The molecule has 10 heteroatoms. The zero-order valence-corrected chi connectivity index (χ0v) is 21.5. The Morgan fingerprint density at radius 2 is 1.84 bits per heavy atom. The number of rotatable bonds is 0. The minimum Gasteiger partial charge on any atom is -0.458 e. The second-order valence-corrected chi connectivity index (χ2v) is 13.8. The molecular formula is C28H30O10. The van der Waals surface area contributed by atoms with Crippen LogP contribution in [0.15, 0.2) is 12.2 Å². The van der Waals surface area contributed by atoms with Crippen molar-refractivity contribution >= 4 is 23.5 Å². The molecule has 0 aromatic carbocycles. The Morgan fingerprint density at radius 3 is 2.63 bits per heavy atom. The van der Waals surface area contributed by atoms with Crippen molar-refractivity contribution in [2.24, 2.45) is 34.5 Å². The molecule has 6 saturated heterocycles. The molecule has 202 valence electrons. The van der Waals surface area contributed by atoms with E-state index in [-0.39, 0.29) is 43.5 Å². The predicted octanol–water partition coefficient (Wildman–Crippen LogP) is 0.768. The van der Waals surface area contributed by atoms with Gasteiger partial charge in [0.2, 0.25) is 5.79 Å². The van der Waals surface area contributed by atoms with Crippen LogP contribution >= 0.6 is 0 Å². The van der Waals surface area contributed by atoms with Gasteiger partial charge >= 0.3 is 11.9 Å². The average molecular weight is 527 g/mol. The van der Waals surface area contributed by atoms with E-state index in [9.17, 15) is 24.3 Å². The maximum absolute atomic E-state index is 14.9. The average Bonchev–Trinajstić information content (AvgIpc) is 3.45. The number of carbonyl (C=O) groups excluding carboxylic acids is 4. The maximum Gasteiger partial charge on any atom is 0.342 e. The second-order valence-electron chi connectivity index (χ2n) is 13.8. The monoisotopic (exact) mass is 526 g/mol. The molecule has 9 rings (SSSR count). The van der Waals surface area contributed by atoms with E-state index in [1.54, 1.807) is 13.0 Å². The molecule has 0 aromatic heterocycles. The van der Waals surface area contributed by atoms with Gasteiger partial charge in [-0.2, -0.15) is 0 Å². The second kappa shape index (κ2) is 5.82. The van der Waals surface area contributed by atoms with E-state index in [4.69, 9.17) is 23.7 Å². The van der Waals surface area contributed by atoms with Crippen molar-refractivity contribution in [1.29, 1.82) is 0 Å². The van der Waals surface area contributed by atoms with E-state index in [0.29, 0.717) is 12.8 Å². The Labute approximate surface area is 218 Å². The molecular weight excluding hydrogens is 496 g/mol. The van der Waals surface area contributed by atoms with Gasteiger partial charge in [0.1, 0.15) is 11.7 Å². The van der Waals surface area contributed by atoms with E-state index in [1.807, 2.05) is 19.9 Å². The number of Topliss-reactive ketones (excluding diaryl/α,β-unsaturated/α-hetero) is 1. The van der Waals surface area contributed by atoms with Crippen molar-refractivity contribution in [2.45, 2.75) is 93.3 Å². The highest BCUT2D eigenvalue weighted by molar-refractivity contribution is 6.00. The summed E-state index contributed by atoms with van der Waals surface area (Å²) >= 11 is 0. The van der Waals surface area contributed by atoms with Crippen LogP contribution in [0.2, 0.25) is 0 Å². The molecule has 0 aromatic rings. The van der Waals surface area contributed by atoms with Crippen molar-refractivity contribution in [3.8, 4) is 0 Å². The zero-order chi connectivity index (χ0) is 26.5. The molecule has 6 heterocycles. The summed E-state index contributed by atoms with van der Waals surface area (Å²) in [6.07, 6.45) is 3.82. The van der Waals surface area contributed by atoms with E-state index in [1.165, 1.54) is 0 Å². The van der Waals surface area contributed by atoms with Crippen LogP contribution in [0.25, 0.3) is 0 Å². The minimum absolute atomic E-state index is 0.0583. The first-order valence-corrected chi connectivity index (χ1v) is 13.8. The number of ether oxygens (including phenoxy) is 5. The first-order valence-electron chi connectivity index (χ1n) is 13.8. The molecule has 2 saturated carbocycles. The molecule has 0 radical (unpaired) electrons. The minimum atomic E-state index is -2.19. The van der Waals surface area contributed by atoms with E-state index in [2.05, 4.69) is 0 Å². The fourth-order valence-corrected chi connectivity index (χ4v) is 10.9. The number of esters is 2. The summed E-state index contributed by atoms with van der Waals surface area (Å²) in [6, 6.07) is 0. The molecule has 0 unspecified atom stereocenters. The number of epoxide rings is 1. The third kappa shape index (κ3) is 1.79. The van der Waals surface area contributed by atoms with Gasteiger partial charge < -0.3 is 28.8 Å². The highest BCUT2D eigenvalue weighted by Gasteiger charge is 2.94. The molecule has 3 spiro atoms. The Balaban J connectivity index is 1.34. The molecule has 3 aliphatic carbocycles. The Bertz CT molecular complexity index is 1340. The summed E-state index contributed by atoms with van der Waals surface area (Å²) < 4.78 is 31.5. The fraction of sp³-hybridized carbons (Fsp3) is 0.786. The topological polar surface area (TPSA) is 138 Å². The number of carbonyl (C=O) groups is 4. The van der Waals surface area contributed by atoms with Crippen LogP contribution in [0.3, 0.4) is 0 Å². The lowest BCUT2D eigenvalue weighted by molar-refractivity contribution is -0.375. The largest absolute Gasteiger partial charge is 0.458 e. The van der Waals surface area contributed by atoms with Gasteiger partial charge in [0.25, 0.3) is 0 Å². The van der Waals surface area contributed by atoms with Crippen molar-refractivity contribution in [3.63, 3.8) is 0 Å². The number of hydrogen-bond donors (Lipinski definition) is 1. The van der Waals surface area contributed by atoms with Crippen molar-refractivity contribution < 1.29 is 48.0 Å². The lowest BCUT2D eigenvalue weighted by atomic mass is 9.46. The predicted molar refractivity (Wildman–Crippen MR) is 122 cm³/mol. The molecule has 8 fully saturated rings. The smallest absolute Gasteiger partial charge is 0.342 e. The lowest BCUT2D eigenvalue weighted by Crippen LogP contribution is -2.79. The van der Waals surface area contributed by atoms with Gasteiger partial charge in [0, 0.05) is 5.92 Å². The van der Waals surface area contributed by atoms with Crippen LogP contribution in [-0.4, -0.2) is 75.6 Å². The van der Waals surface area contributed by atoms with Gasteiger partial charge in [-0.3, -0.25) is 14.4 Å². The maximum atomic E-state index is 14.9. The lowest BCUT2D eigenvalue weighted by Gasteiger charge is -2.63. The van der Waals surface area contributed by atoms with Crippen LogP contribution < -0.4 is 0 Å². The van der Waals surface area contributed by atoms with E-state index >= 15 is 0 Å². The number of allylic oxidation sites excluding steroid dienone is 1. The quantitative estimate of drug-likeness (QED) is 0.356. The summed E-state index contributed by atoms with van der Waals surface area (Å²) in [5.41, 5.74) is -8.23. The number of ketones is 2. The van der Waals surface area contributed by atoms with Gasteiger partial charge in [0.15, 0.2) is 28.4 Å². The summed E-state index contributed by atoms with van der Waals surface area (Å²) in [7, 11) is 0.